The van der Waals surface area contributed by atoms with E-state index < -0.39 is 5.97 Å². The molecule has 1 N–H and O–H groups in total. The number of nitrogens with zero attached hydrogens (tertiary/aromatic N) is 3. The molecule has 1 aliphatic rings. The lowest BCUT2D eigenvalue weighted by Crippen LogP contribution is -2.43. The van der Waals surface area contributed by atoms with Crippen LogP contribution in [0.3, 0.4) is 0 Å². The van der Waals surface area contributed by atoms with E-state index in [1.807, 2.05) is 18.2 Å². The van der Waals surface area contributed by atoms with Gasteiger partial charge in [0.25, 0.3) is 0 Å². The van der Waals surface area contributed by atoms with E-state index in [0.717, 1.165) is 25.0 Å². The molecule has 0 aliphatic heterocycles. The van der Waals surface area contributed by atoms with Gasteiger partial charge in [0.15, 0.2) is 0 Å². The number of carbonyl (C=O) groups is 1. The predicted molar refractivity (Wildman–Crippen MR) is 81.4 cm³/mol. The van der Waals surface area contributed by atoms with Crippen molar-refractivity contribution in [3.63, 3.8) is 0 Å². The van der Waals surface area contributed by atoms with Gasteiger partial charge in [-0.3, -0.25) is 4.98 Å². The van der Waals surface area contributed by atoms with Crippen molar-refractivity contribution in [2.45, 2.75) is 31.7 Å². The standard InChI is InChI=1S/C16H18N4O2/c1-2-22-14(21)12-10-18-15(19-11-12)20-16(7-5-8-16)13-6-3-4-9-17-13/h3-4,6,9-11H,2,5,7-8H2,1H3,(H,18,19,20). The lowest BCUT2D eigenvalue weighted by atomic mass is 9.74. The van der Waals surface area contributed by atoms with Crippen LogP contribution in [0.4, 0.5) is 5.95 Å². The van der Waals surface area contributed by atoms with Crippen LogP contribution in [-0.4, -0.2) is 27.5 Å². The number of pyridine rings is 1. The van der Waals surface area contributed by atoms with Crippen molar-refractivity contribution >= 4 is 11.9 Å². The summed E-state index contributed by atoms with van der Waals surface area (Å²) in [7, 11) is 0. The summed E-state index contributed by atoms with van der Waals surface area (Å²) in [6.45, 7) is 2.10. The molecule has 6 nitrogen and oxygen atoms in total. The van der Waals surface area contributed by atoms with E-state index in [0.29, 0.717) is 18.1 Å². The van der Waals surface area contributed by atoms with Crippen molar-refractivity contribution in [2.24, 2.45) is 0 Å². The molecule has 2 aromatic heterocycles. The fourth-order valence-electron chi connectivity index (χ4n) is 2.55. The molecule has 1 aliphatic carbocycles. The first-order valence-corrected chi connectivity index (χ1v) is 7.42. The number of esters is 1. The number of hydrogen-bond acceptors (Lipinski definition) is 6. The van der Waals surface area contributed by atoms with Crippen LogP contribution in [0.5, 0.6) is 0 Å². The number of rotatable bonds is 5. The molecule has 2 heterocycles. The summed E-state index contributed by atoms with van der Waals surface area (Å²) in [6, 6.07) is 5.90. The van der Waals surface area contributed by atoms with Crippen LogP contribution in [0.2, 0.25) is 0 Å². The molecule has 0 spiro atoms. The van der Waals surface area contributed by atoms with Gasteiger partial charge in [0.2, 0.25) is 5.95 Å². The molecule has 6 heteroatoms. The lowest BCUT2D eigenvalue weighted by molar-refractivity contribution is 0.0525. The van der Waals surface area contributed by atoms with Gasteiger partial charge < -0.3 is 10.1 Å². The van der Waals surface area contributed by atoms with E-state index in [2.05, 4.69) is 20.3 Å². The molecule has 1 saturated carbocycles. The molecule has 3 rings (SSSR count). The van der Waals surface area contributed by atoms with Gasteiger partial charge in [0, 0.05) is 18.6 Å². The summed E-state index contributed by atoms with van der Waals surface area (Å²) >= 11 is 0. The maximum atomic E-state index is 11.6. The van der Waals surface area contributed by atoms with Crippen molar-refractivity contribution in [1.82, 2.24) is 15.0 Å². The molecule has 0 amide bonds. The average molecular weight is 298 g/mol. The number of hydrogen-bond donors (Lipinski definition) is 1. The minimum absolute atomic E-state index is 0.202. The predicted octanol–water partition coefficient (Wildman–Crippen LogP) is 2.54. The third kappa shape index (κ3) is 2.77. The SMILES string of the molecule is CCOC(=O)c1cnc(NC2(c3ccccn3)CCC2)nc1. The minimum atomic E-state index is -0.405. The second-order valence-electron chi connectivity index (χ2n) is 5.29. The summed E-state index contributed by atoms with van der Waals surface area (Å²) in [5, 5.41) is 3.37. The van der Waals surface area contributed by atoms with E-state index in [-0.39, 0.29) is 5.54 Å². The van der Waals surface area contributed by atoms with E-state index in [4.69, 9.17) is 4.74 Å². The van der Waals surface area contributed by atoms with Crippen LogP contribution in [0.1, 0.15) is 42.2 Å². The Labute approximate surface area is 129 Å². The van der Waals surface area contributed by atoms with Crippen LogP contribution in [0.15, 0.2) is 36.8 Å². The number of carbonyl (C=O) groups excluding carboxylic acids is 1. The third-order valence-corrected chi connectivity index (χ3v) is 3.88. The number of nitrogens with one attached hydrogen (secondary N) is 1. The second-order valence-corrected chi connectivity index (χ2v) is 5.29. The topological polar surface area (TPSA) is 77.0 Å². The van der Waals surface area contributed by atoms with Crippen molar-refractivity contribution in [1.29, 1.82) is 0 Å². The Kier molecular flexibility index (Phi) is 4.00. The molecule has 0 bridgehead atoms. The second kappa shape index (κ2) is 6.09. The Morgan fingerprint density at radius 2 is 2.05 bits per heavy atom. The van der Waals surface area contributed by atoms with Crippen LogP contribution in [0, 0.1) is 0 Å². The monoisotopic (exact) mass is 298 g/mol. The van der Waals surface area contributed by atoms with Crippen molar-refractivity contribution in [3.05, 3.63) is 48.0 Å². The zero-order valence-electron chi connectivity index (χ0n) is 12.5. The molecule has 0 aromatic carbocycles. The van der Waals surface area contributed by atoms with Crippen molar-refractivity contribution in [3.8, 4) is 0 Å². The lowest BCUT2D eigenvalue weighted by Gasteiger charge is -2.42. The van der Waals surface area contributed by atoms with E-state index in [9.17, 15) is 4.79 Å². The molecular weight excluding hydrogens is 280 g/mol. The molecule has 0 radical (unpaired) electrons. The summed E-state index contributed by atoms with van der Waals surface area (Å²) in [6.07, 6.45) is 7.89. The molecule has 1 fully saturated rings. The van der Waals surface area contributed by atoms with E-state index >= 15 is 0 Å². The summed E-state index contributed by atoms with van der Waals surface area (Å²) in [4.78, 5) is 24.5. The van der Waals surface area contributed by atoms with E-state index in [1.54, 1.807) is 13.1 Å². The van der Waals surface area contributed by atoms with Gasteiger partial charge >= 0.3 is 5.97 Å². The quantitative estimate of drug-likeness (QED) is 0.855. The molecule has 114 valence electrons. The Morgan fingerprint density at radius 1 is 1.27 bits per heavy atom. The Balaban J connectivity index is 1.76. The Morgan fingerprint density at radius 3 is 2.59 bits per heavy atom. The first kappa shape index (κ1) is 14.4. The largest absolute Gasteiger partial charge is 0.462 e. The fraction of sp³-hybridized carbons (Fsp3) is 0.375. The van der Waals surface area contributed by atoms with Gasteiger partial charge in [-0.1, -0.05) is 6.07 Å². The highest BCUT2D eigenvalue weighted by Gasteiger charge is 2.40. The van der Waals surface area contributed by atoms with Gasteiger partial charge in [-0.2, -0.15) is 0 Å². The van der Waals surface area contributed by atoms with Gasteiger partial charge in [-0.15, -0.1) is 0 Å². The molecular formula is C16H18N4O2. The van der Waals surface area contributed by atoms with Crippen molar-refractivity contribution in [2.75, 3.05) is 11.9 Å². The average Bonchev–Trinajstić information content (AvgIpc) is 2.52. The zero-order chi connectivity index (χ0) is 15.4. The molecule has 0 saturated heterocycles. The van der Waals surface area contributed by atoms with Crippen LogP contribution >= 0.6 is 0 Å². The van der Waals surface area contributed by atoms with Gasteiger partial charge in [-0.25, -0.2) is 14.8 Å². The van der Waals surface area contributed by atoms with Gasteiger partial charge in [0.1, 0.15) is 0 Å². The Hall–Kier alpha value is -2.50. The molecule has 22 heavy (non-hydrogen) atoms. The van der Waals surface area contributed by atoms with Gasteiger partial charge in [-0.05, 0) is 38.3 Å². The molecule has 0 atom stereocenters. The van der Waals surface area contributed by atoms with Crippen LogP contribution < -0.4 is 5.32 Å². The highest BCUT2D eigenvalue weighted by molar-refractivity contribution is 5.88. The molecule has 0 unspecified atom stereocenters. The number of anilines is 1. The fourth-order valence-corrected chi connectivity index (χ4v) is 2.55. The minimum Gasteiger partial charge on any atom is -0.462 e. The Bertz CT molecular complexity index is 639. The van der Waals surface area contributed by atoms with Crippen LogP contribution in [-0.2, 0) is 10.3 Å². The first-order chi connectivity index (χ1) is 10.7. The summed E-state index contributed by atoms with van der Waals surface area (Å²) in [5.41, 5.74) is 1.15. The normalized spacial score (nSPS) is 15.7. The number of ether oxygens (including phenoxy) is 1. The number of aromatic nitrogens is 3. The zero-order valence-corrected chi connectivity index (χ0v) is 12.5. The molecule has 2 aromatic rings. The highest BCUT2D eigenvalue weighted by atomic mass is 16.5. The van der Waals surface area contributed by atoms with E-state index in [1.165, 1.54) is 12.4 Å². The summed E-state index contributed by atoms with van der Waals surface area (Å²) in [5.74, 6) is 0.0931. The first-order valence-electron chi connectivity index (χ1n) is 7.42. The van der Waals surface area contributed by atoms with Crippen LogP contribution in [0.25, 0.3) is 0 Å². The van der Waals surface area contributed by atoms with Crippen molar-refractivity contribution < 1.29 is 9.53 Å². The highest BCUT2D eigenvalue weighted by Crippen LogP contribution is 2.42. The summed E-state index contributed by atoms with van der Waals surface area (Å²) < 4.78 is 4.92. The van der Waals surface area contributed by atoms with Gasteiger partial charge in [0.05, 0.1) is 23.4 Å². The smallest absolute Gasteiger partial charge is 0.341 e. The maximum Gasteiger partial charge on any atom is 0.341 e. The third-order valence-electron chi connectivity index (χ3n) is 3.88. The maximum absolute atomic E-state index is 11.6.